The summed E-state index contributed by atoms with van der Waals surface area (Å²) in [6.07, 6.45) is 1.49. The SMILES string of the molecule is CCOC(=O)c1cn(C)c2cc(OC)ccc2c1=O. The summed E-state index contributed by atoms with van der Waals surface area (Å²) in [5.41, 5.74) is 0.425. The Bertz CT molecular complexity index is 688. The van der Waals surface area contributed by atoms with E-state index in [0.29, 0.717) is 16.7 Å². The molecule has 5 heteroatoms. The number of ether oxygens (including phenoxy) is 2. The Balaban J connectivity index is 2.69. The van der Waals surface area contributed by atoms with Crippen LogP contribution in [0.3, 0.4) is 0 Å². The molecule has 1 aromatic heterocycles. The molecule has 0 aliphatic carbocycles. The molecule has 0 amide bonds. The van der Waals surface area contributed by atoms with Gasteiger partial charge in [-0.15, -0.1) is 0 Å². The highest BCUT2D eigenvalue weighted by atomic mass is 16.5. The highest BCUT2D eigenvalue weighted by molar-refractivity contribution is 5.94. The predicted octanol–water partition coefficient (Wildman–Crippen LogP) is 1.72. The number of fused-ring (bicyclic) bond motifs is 1. The van der Waals surface area contributed by atoms with Gasteiger partial charge in [0.05, 0.1) is 19.2 Å². The maximum atomic E-state index is 12.2. The second-order valence-electron chi connectivity index (χ2n) is 4.09. The molecule has 2 aromatic rings. The third-order valence-corrected chi connectivity index (χ3v) is 2.89. The summed E-state index contributed by atoms with van der Waals surface area (Å²) < 4.78 is 11.7. The van der Waals surface area contributed by atoms with Crippen molar-refractivity contribution in [3.63, 3.8) is 0 Å². The molecule has 1 aromatic carbocycles. The average Bonchev–Trinajstić information content (AvgIpc) is 2.42. The van der Waals surface area contributed by atoms with Crippen LogP contribution in [-0.2, 0) is 11.8 Å². The van der Waals surface area contributed by atoms with Gasteiger partial charge in [-0.25, -0.2) is 4.79 Å². The number of rotatable bonds is 3. The zero-order valence-electron chi connectivity index (χ0n) is 11.1. The predicted molar refractivity (Wildman–Crippen MR) is 71.7 cm³/mol. The Kier molecular flexibility index (Phi) is 3.55. The summed E-state index contributed by atoms with van der Waals surface area (Å²) in [6, 6.07) is 5.10. The quantitative estimate of drug-likeness (QED) is 0.789. The van der Waals surface area contributed by atoms with E-state index in [-0.39, 0.29) is 17.6 Å². The first-order valence-corrected chi connectivity index (χ1v) is 5.93. The van der Waals surface area contributed by atoms with Crippen LogP contribution in [0.2, 0.25) is 0 Å². The molecule has 0 aliphatic rings. The Morgan fingerprint density at radius 1 is 1.37 bits per heavy atom. The van der Waals surface area contributed by atoms with Crippen molar-refractivity contribution in [2.24, 2.45) is 7.05 Å². The monoisotopic (exact) mass is 261 g/mol. The van der Waals surface area contributed by atoms with Gasteiger partial charge in [0, 0.05) is 24.7 Å². The molecule has 0 unspecified atom stereocenters. The maximum absolute atomic E-state index is 12.2. The molecule has 0 bridgehead atoms. The van der Waals surface area contributed by atoms with Crippen molar-refractivity contribution in [1.82, 2.24) is 4.57 Å². The van der Waals surface area contributed by atoms with Crippen LogP contribution >= 0.6 is 0 Å². The van der Waals surface area contributed by atoms with Crippen LogP contribution in [0.25, 0.3) is 10.9 Å². The van der Waals surface area contributed by atoms with Crippen LogP contribution in [-0.4, -0.2) is 24.3 Å². The van der Waals surface area contributed by atoms with E-state index in [9.17, 15) is 9.59 Å². The molecule has 0 saturated carbocycles. The molecule has 100 valence electrons. The standard InChI is InChI=1S/C14H15NO4/c1-4-19-14(17)11-8-15(2)12-7-9(18-3)5-6-10(12)13(11)16/h5-8H,4H2,1-3H3. The number of carbonyl (C=O) groups excluding carboxylic acids is 1. The first-order chi connectivity index (χ1) is 9.08. The average molecular weight is 261 g/mol. The summed E-state index contributed by atoms with van der Waals surface area (Å²) in [7, 11) is 3.33. The number of esters is 1. The van der Waals surface area contributed by atoms with E-state index in [0.717, 1.165) is 0 Å². The lowest BCUT2D eigenvalue weighted by molar-refractivity contribution is 0.0524. The lowest BCUT2D eigenvalue weighted by Crippen LogP contribution is -2.20. The van der Waals surface area contributed by atoms with Gasteiger partial charge in [0.1, 0.15) is 11.3 Å². The number of benzene rings is 1. The van der Waals surface area contributed by atoms with Crippen molar-refractivity contribution in [2.75, 3.05) is 13.7 Å². The lowest BCUT2D eigenvalue weighted by atomic mass is 10.1. The largest absolute Gasteiger partial charge is 0.497 e. The van der Waals surface area contributed by atoms with Crippen LogP contribution < -0.4 is 10.2 Å². The fraction of sp³-hybridized carbons (Fsp3) is 0.286. The molecule has 0 radical (unpaired) electrons. The van der Waals surface area contributed by atoms with E-state index < -0.39 is 5.97 Å². The van der Waals surface area contributed by atoms with Crippen molar-refractivity contribution in [3.05, 3.63) is 40.2 Å². The van der Waals surface area contributed by atoms with E-state index >= 15 is 0 Å². The van der Waals surface area contributed by atoms with Gasteiger partial charge in [-0.2, -0.15) is 0 Å². The minimum absolute atomic E-state index is 0.0435. The number of carbonyl (C=O) groups is 1. The van der Waals surface area contributed by atoms with Crippen LogP contribution in [0.1, 0.15) is 17.3 Å². The topological polar surface area (TPSA) is 57.5 Å². The van der Waals surface area contributed by atoms with E-state index in [4.69, 9.17) is 9.47 Å². The molecule has 1 heterocycles. The number of aryl methyl sites for hydroxylation is 1. The fourth-order valence-corrected chi connectivity index (χ4v) is 1.94. The number of hydrogen-bond acceptors (Lipinski definition) is 4. The van der Waals surface area contributed by atoms with Gasteiger partial charge in [0.25, 0.3) is 0 Å². The summed E-state index contributed by atoms with van der Waals surface area (Å²) in [4.78, 5) is 24.0. The summed E-state index contributed by atoms with van der Waals surface area (Å²) in [5.74, 6) is 0.0622. The third-order valence-electron chi connectivity index (χ3n) is 2.89. The van der Waals surface area contributed by atoms with Gasteiger partial charge in [0.15, 0.2) is 0 Å². The molecule has 5 nitrogen and oxygen atoms in total. The van der Waals surface area contributed by atoms with Gasteiger partial charge in [-0.05, 0) is 19.1 Å². The summed E-state index contributed by atoms with van der Waals surface area (Å²) >= 11 is 0. The van der Waals surface area contributed by atoms with Gasteiger partial charge >= 0.3 is 5.97 Å². The molecule has 0 atom stereocenters. The molecule has 0 fully saturated rings. The number of aromatic nitrogens is 1. The number of methoxy groups -OCH3 is 1. The number of nitrogens with zero attached hydrogens (tertiary/aromatic N) is 1. The zero-order chi connectivity index (χ0) is 14.0. The minimum atomic E-state index is -0.596. The van der Waals surface area contributed by atoms with E-state index in [1.54, 1.807) is 43.8 Å². The van der Waals surface area contributed by atoms with Crippen LogP contribution in [0, 0.1) is 0 Å². The molecule has 0 aliphatic heterocycles. The second-order valence-corrected chi connectivity index (χ2v) is 4.09. The number of hydrogen-bond donors (Lipinski definition) is 0. The molecular weight excluding hydrogens is 246 g/mol. The highest BCUT2D eigenvalue weighted by Gasteiger charge is 2.15. The lowest BCUT2D eigenvalue weighted by Gasteiger charge is -2.09. The number of pyridine rings is 1. The van der Waals surface area contributed by atoms with Crippen LogP contribution in [0.5, 0.6) is 5.75 Å². The first-order valence-electron chi connectivity index (χ1n) is 5.93. The van der Waals surface area contributed by atoms with Gasteiger partial charge in [-0.3, -0.25) is 4.79 Å². The minimum Gasteiger partial charge on any atom is -0.497 e. The molecule has 0 saturated heterocycles. The second kappa shape index (κ2) is 5.14. The van der Waals surface area contributed by atoms with Crippen LogP contribution in [0.4, 0.5) is 0 Å². The zero-order valence-corrected chi connectivity index (χ0v) is 11.1. The first kappa shape index (κ1) is 13.1. The van der Waals surface area contributed by atoms with E-state index in [1.807, 2.05) is 0 Å². The third kappa shape index (κ3) is 2.31. The van der Waals surface area contributed by atoms with Crippen LogP contribution in [0.15, 0.2) is 29.2 Å². The fourth-order valence-electron chi connectivity index (χ4n) is 1.94. The highest BCUT2D eigenvalue weighted by Crippen LogP contribution is 2.18. The van der Waals surface area contributed by atoms with Gasteiger partial charge in [0.2, 0.25) is 5.43 Å². The van der Waals surface area contributed by atoms with Crippen molar-refractivity contribution in [3.8, 4) is 5.75 Å². The molecule has 2 rings (SSSR count). The molecule has 19 heavy (non-hydrogen) atoms. The van der Waals surface area contributed by atoms with Crippen molar-refractivity contribution in [2.45, 2.75) is 6.92 Å². The van der Waals surface area contributed by atoms with Crippen molar-refractivity contribution in [1.29, 1.82) is 0 Å². The van der Waals surface area contributed by atoms with Gasteiger partial charge < -0.3 is 14.0 Å². The molecular formula is C14H15NO4. The Morgan fingerprint density at radius 3 is 2.74 bits per heavy atom. The molecule has 0 spiro atoms. The smallest absolute Gasteiger partial charge is 0.343 e. The van der Waals surface area contributed by atoms with Gasteiger partial charge in [-0.1, -0.05) is 0 Å². The van der Waals surface area contributed by atoms with E-state index in [1.165, 1.54) is 6.20 Å². The Morgan fingerprint density at radius 2 is 2.11 bits per heavy atom. The normalized spacial score (nSPS) is 10.5. The molecule has 0 N–H and O–H groups in total. The Labute approximate surface area is 110 Å². The Hall–Kier alpha value is -2.30. The van der Waals surface area contributed by atoms with Crippen molar-refractivity contribution >= 4 is 16.9 Å². The van der Waals surface area contributed by atoms with Crippen molar-refractivity contribution < 1.29 is 14.3 Å². The summed E-state index contributed by atoms with van der Waals surface area (Å²) in [5, 5.41) is 0.467. The summed E-state index contributed by atoms with van der Waals surface area (Å²) in [6.45, 7) is 1.94. The maximum Gasteiger partial charge on any atom is 0.343 e. The van der Waals surface area contributed by atoms with E-state index in [2.05, 4.69) is 0 Å².